The zero-order chi connectivity index (χ0) is 25.5. The van der Waals surface area contributed by atoms with Crippen molar-refractivity contribution in [3.8, 4) is 6.07 Å². The van der Waals surface area contributed by atoms with Gasteiger partial charge in [0.2, 0.25) is 0 Å². The van der Waals surface area contributed by atoms with Gasteiger partial charge in [0, 0.05) is 12.1 Å². The number of aryl methyl sites for hydroxylation is 1. The Hall–Kier alpha value is -3.62. The van der Waals surface area contributed by atoms with Gasteiger partial charge in [-0.1, -0.05) is 17.7 Å². The van der Waals surface area contributed by atoms with Gasteiger partial charge >= 0.3 is 5.97 Å². The number of nitrogens with zero attached hydrogens (tertiary/aromatic N) is 5. The average Bonchev–Trinajstić information content (AvgIpc) is 3.12. The summed E-state index contributed by atoms with van der Waals surface area (Å²) in [6.45, 7) is 2.04. The number of hydrogen-bond acceptors (Lipinski definition) is 8. The largest absolute Gasteiger partial charge is 0.476 e. The fraction of sp³-hybridized carbons (Fsp3) is 0.348. The first-order valence-electron chi connectivity index (χ1n) is 10.7. The van der Waals surface area contributed by atoms with Crippen LogP contribution < -0.4 is 10.2 Å². The maximum atomic E-state index is 14.3. The highest BCUT2D eigenvalue weighted by Crippen LogP contribution is 2.37. The summed E-state index contributed by atoms with van der Waals surface area (Å²) in [7, 11) is 0. The lowest BCUT2D eigenvalue weighted by molar-refractivity contribution is -0.0391. The third-order valence-electron chi connectivity index (χ3n) is 5.89. The summed E-state index contributed by atoms with van der Waals surface area (Å²) in [4.78, 5) is 25.7. The molecule has 1 fully saturated rings. The highest BCUT2D eigenvalue weighted by Gasteiger charge is 2.48. The number of nitriles is 1. The first kappa shape index (κ1) is 24.5. The van der Waals surface area contributed by atoms with Gasteiger partial charge in [-0.25, -0.2) is 28.5 Å². The minimum absolute atomic E-state index is 0.00677. The Kier molecular flexibility index (Phi) is 6.44. The van der Waals surface area contributed by atoms with Crippen LogP contribution in [0.1, 0.15) is 40.3 Å². The Morgan fingerprint density at radius 3 is 2.74 bits per heavy atom. The molecule has 3 N–H and O–H groups in total. The predicted molar refractivity (Wildman–Crippen MR) is 125 cm³/mol. The van der Waals surface area contributed by atoms with Crippen molar-refractivity contribution in [2.75, 3.05) is 29.9 Å². The molecule has 1 saturated heterocycles. The van der Waals surface area contributed by atoms with Crippen LogP contribution in [0.25, 0.3) is 11.0 Å². The molecule has 0 spiro atoms. The van der Waals surface area contributed by atoms with Gasteiger partial charge in [0.05, 0.1) is 41.8 Å². The Morgan fingerprint density at radius 2 is 2.11 bits per heavy atom. The number of aliphatic hydroxyl groups excluding tert-OH is 1. The zero-order valence-corrected chi connectivity index (χ0v) is 19.5. The number of carboxylic acid groups (broad SMARTS) is 1. The standard InChI is InChI=1S/C23H21ClF2N6O3/c1-11-5-14(12(2)28-15-3-4-18(24)30-20(15)22(34)35)19-16(6-11)29-17(7-27)21(31-19)32-8-13(9-33)23(25,26)10-32/h3-6,12-13,28,33H,8-10H2,1-2H3,(H,34,35)/t12-,13-/m1/s1. The van der Waals surface area contributed by atoms with E-state index in [1.54, 1.807) is 13.0 Å². The molecule has 9 nitrogen and oxygen atoms in total. The third-order valence-corrected chi connectivity index (χ3v) is 6.10. The number of pyridine rings is 1. The molecule has 3 heterocycles. The van der Waals surface area contributed by atoms with E-state index in [9.17, 15) is 29.1 Å². The van der Waals surface area contributed by atoms with Crippen LogP contribution in [0.5, 0.6) is 0 Å². The highest BCUT2D eigenvalue weighted by molar-refractivity contribution is 6.29. The summed E-state index contributed by atoms with van der Waals surface area (Å²) in [5.41, 5.74) is 2.08. The monoisotopic (exact) mass is 502 g/mol. The second kappa shape index (κ2) is 9.20. The van der Waals surface area contributed by atoms with Crippen molar-refractivity contribution in [3.63, 3.8) is 0 Å². The van der Waals surface area contributed by atoms with E-state index in [2.05, 4.69) is 20.3 Å². The summed E-state index contributed by atoms with van der Waals surface area (Å²) in [6, 6.07) is 7.94. The molecular weight excluding hydrogens is 482 g/mol. The molecule has 2 atom stereocenters. The number of halogens is 3. The third kappa shape index (κ3) is 4.67. The Labute approximate surface area is 204 Å². The lowest BCUT2D eigenvalue weighted by Crippen LogP contribution is -2.29. The number of alkyl halides is 2. The summed E-state index contributed by atoms with van der Waals surface area (Å²) in [5.74, 6) is -5.67. The van der Waals surface area contributed by atoms with E-state index in [4.69, 9.17) is 11.6 Å². The second-order valence-electron chi connectivity index (χ2n) is 8.45. The van der Waals surface area contributed by atoms with E-state index < -0.39 is 37.0 Å². The van der Waals surface area contributed by atoms with Crippen molar-refractivity contribution < 1.29 is 23.8 Å². The van der Waals surface area contributed by atoms with Gasteiger partial charge in [-0.05, 0) is 37.6 Å². The van der Waals surface area contributed by atoms with Gasteiger partial charge in [-0.15, -0.1) is 0 Å². The number of aromatic carboxylic acids is 1. The van der Waals surface area contributed by atoms with Gasteiger partial charge in [0.25, 0.3) is 5.92 Å². The van der Waals surface area contributed by atoms with Crippen LogP contribution in [-0.4, -0.2) is 56.8 Å². The van der Waals surface area contributed by atoms with Crippen molar-refractivity contribution in [1.29, 1.82) is 5.26 Å². The summed E-state index contributed by atoms with van der Waals surface area (Å²) in [6.07, 6.45) is 0. The number of carbonyl (C=O) groups is 1. The summed E-state index contributed by atoms with van der Waals surface area (Å²) >= 11 is 5.84. The van der Waals surface area contributed by atoms with E-state index >= 15 is 0 Å². The summed E-state index contributed by atoms with van der Waals surface area (Å²) in [5, 5.41) is 31.6. The molecule has 0 radical (unpaired) electrons. The maximum Gasteiger partial charge on any atom is 0.356 e. The molecule has 1 aliphatic rings. The van der Waals surface area contributed by atoms with Crippen molar-refractivity contribution in [2.24, 2.45) is 5.92 Å². The number of rotatable bonds is 6. The molecule has 4 rings (SSSR count). The minimum atomic E-state index is -3.14. The zero-order valence-electron chi connectivity index (χ0n) is 18.8. The van der Waals surface area contributed by atoms with Crippen molar-refractivity contribution in [2.45, 2.75) is 25.8 Å². The number of carboxylic acids is 1. The molecule has 0 bridgehead atoms. The first-order chi connectivity index (χ1) is 16.5. The molecule has 1 aromatic carbocycles. The number of anilines is 2. The number of hydrogen-bond donors (Lipinski definition) is 3. The van der Waals surface area contributed by atoms with Crippen LogP contribution in [0, 0.1) is 24.2 Å². The number of fused-ring (bicyclic) bond motifs is 1. The molecule has 182 valence electrons. The van der Waals surface area contributed by atoms with Crippen LogP contribution in [0.15, 0.2) is 24.3 Å². The molecule has 0 unspecified atom stereocenters. The normalized spacial score (nSPS) is 17.9. The fourth-order valence-electron chi connectivity index (χ4n) is 4.18. The highest BCUT2D eigenvalue weighted by atomic mass is 35.5. The molecule has 2 aromatic heterocycles. The number of aromatic nitrogens is 3. The minimum Gasteiger partial charge on any atom is -0.476 e. The van der Waals surface area contributed by atoms with Gasteiger partial charge < -0.3 is 20.4 Å². The first-order valence-corrected chi connectivity index (χ1v) is 11.0. The van der Waals surface area contributed by atoms with Gasteiger partial charge in [0.1, 0.15) is 11.2 Å². The van der Waals surface area contributed by atoms with Crippen LogP contribution in [0.4, 0.5) is 20.3 Å². The van der Waals surface area contributed by atoms with Gasteiger partial charge in [0.15, 0.2) is 17.2 Å². The van der Waals surface area contributed by atoms with E-state index in [0.29, 0.717) is 16.6 Å². The quantitative estimate of drug-likeness (QED) is 0.430. The SMILES string of the molecule is Cc1cc([C@@H](C)Nc2ccc(Cl)nc2C(=O)O)c2nc(N3C[C@H](CO)C(F)(F)C3)c(C#N)nc2c1. The molecular formula is C23H21ClF2N6O3. The predicted octanol–water partition coefficient (Wildman–Crippen LogP) is 3.79. The Bertz CT molecular complexity index is 1360. The number of aliphatic hydroxyl groups is 1. The van der Waals surface area contributed by atoms with Crippen LogP contribution >= 0.6 is 11.6 Å². The van der Waals surface area contributed by atoms with Crippen molar-refractivity contribution in [1.82, 2.24) is 15.0 Å². The molecule has 3 aromatic rings. The number of benzene rings is 1. The molecule has 0 amide bonds. The molecule has 1 aliphatic heterocycles. The lowest BCUT2D eigenvalue weighted by atomic mass is 10.0. The molecule has 0 aliphatic carbocycles. The van der Waals surface area contributed by atoms with Crippen LogP contribution in [0.3, 0.4) is 0 Å². The number of nitrogens with one attached hydrogen (secondary N) is 1. The van der Waals surface area contributed by atoms with Gasteiger partial charge in [-0.3, -0.25) is 0 Å². The average molecular weight is 503 g/mol. The summed E-state index contributed by atoms with van der Waals surface area (Å²) < 4.78 is 28.6. The molecule has 12 heteroatoms. The van der Waals surface area contributed by atoms with Crippen molar-refractivity contribution in [3.05, 3.63) is 51.9 Å². The Balaban J connectivity index is 1.80. The van der Waals surface area contributed by atoms with Crippen LogP contribution in [0.2, 0.25) is 5.15 Å². The molecule has 35 heavy (non-hydrogen) atoms. The van der Waals surface area contributed by atoms with Crippen LogP contribution in [-0.2, 0) is 0 Å². The van der Waals surface area contributed by atoms with E-state index in [1.165, 1.54) is 17.0 Å². The van der Waals surface area contributed by atoms with Crippen molar-refractivity contribution >= 4 is 40.1 Å². The lowest BCUT2D eigenvalue weighted by Gasteiger charge is -2.22. The maximum absolute atomic E-state index is 14.3. The van der Waals surface area contributed by atoms with Gasteiger partial charge in [-0.2, -0.15) is 5.26 Å². The second-order valence-corrected chi connectivity index (χ2v) is 8.84. The van der Waals surface area contributed by atoms with E-state index in [-0.39, 0.29) is 34.6 Å². The smallest absolute Gasteiger partial charge is 0.356 e. The topological polar surface area (TPSA) is 135 Å². The van der Waals surface area contributed by atoms with E-state index in [0.717, 1.165) is 5.56 Å². The fourth-order valence-corrected chi connectivity index (χ4v) is 4.32. The van der Waals surface area contributed by atoms with E-state index in [1.807, 2.05) is 19.1 Å². The Morgan fingerprint density at radius 1 is 1.37 bits per heavy atom. The molecule has 0 saturated carbocycles.